The molecule has 8 heteroatoms. The van der Waals surface area contributed by atoms with Crippen LogP contribution in [0, 0.1) is 0 Å². The highest BCUT2D eigenvalue weighted by atomic mass is 32.2. The second-order valence-electron chi connectivity index (χ2n) is 4.04. The maximum atomic E-state index is 11.5. The SMILES string of the molecule is CS(=O)C1=CC(=C2C(N)=NN3C=CC=NC23)N=CN1. The van der Waals surface area contributed by atoms with E-state index in [2.05, 4.69) is 20.4 Å². The van der Waals surface area contributed by atoms with Gasteiger partial charge < -0.3 is 11.1 Å². The number of rotatable bonds is 1. The molecule has 3 heterocycles. The van der Waals surface area contributed by atoms with E-state index in [1.807, 2.05) is 0 Å². The number of hydrogen-bond donors (Lipinski definition) is 2. The zero-order chi connectivity index (χ0) is 13.4. The largest absolute Gasteiger partial charge is 0.382 e. The Morgan fingerprint density at radius 1 is 1.53 bits per heavy atom. The molecule has 0 aliphatic carbocycles. The highest BCUT2D eigenvalue weighted by Crippen LogP contribution is 2.27. The first-order chi connectivity index (χ1) is 9.16. The zero-order valence-corrected chi connectivity index (χ0v) is 11.0. The molecule has 0 amide bonds. The quantitative estimate of drug-likeness (QED) is 0.681. The maximum Gasteiger partial charge on any atom is 0.172 e. The lowest BCUT2D eigenvalue weighted by molar-refractivity contribution is 0.355. The van der Waals surface area contributed by atoms with Gasteiger partial charge >= 0.3 is 0 Å². The van der Waals surface area contributed by atoms with Crippen LogP contribution in [-0.4, -0.2) is 40.0 Å². The summed E-state index contributed by atoms with van der Waals surface area (Å²) in [5.41, 5.74) is 7.29. The average Bonchev–Trinajstić information content (AvgIpc) is 2.74. The molecule has 0 aromatic carbocycles. The van der Waals surface area contributed by atoms with Crippen LogP contribution in [-0.2, 0) is 10.8 Å². The highest BCUT2D eigenvalue weighted by Gasteiger charge is 2.32. The Bertz CT molecular complexity index is 627. The summed E-state index contributed by atoms with van der Waals surface area (Å²) in [4.78, 5) is 8.56. The van der Waals surface area contributed by atoms with Gasteiger partial charge in [0.05, 0.1) is 28.4 Å². The molecule has 3 rings (SSSR count). The Morgan fingerprint density at radius 3 is 3.16 bits per heavy atom. The van der Waals surface area contributed by atoms with Gasteiger partial charge in [-0.2, -0.15) is 5.10 Å². The lowest BCUT2D eigenvalue weighted by atomic mass is 10.1. The molecule has 0 fully saturated rings. The fourth-order valence-electron chi connectivity index (χ4n) is 1.96. The topological polar surface area (TPSA) is 95.4 Å². The number of nitrogens with two attached hydrogens (primary N) is 1. The van der Waals surface area contributed by atoms with Crippen molar-refractivity contribution in [2.24, 2.45) is 20.8 Å². The monoisotopic (exact) mass is 276 g/mol. The van der Waals surface area contributed by atoms with E-state index >= 15 is 0 Å². The molecule has 98 valence electrons. The van der Waals surface area contributed by atoms with Crippen LogP contribution in [0.4, 0.5) is 0 Å². The first kappa shape index (κ1) is 11.8. The maximum absolute atomic E-state index is 11.5. The summed E-state index contributed by atoms with van der Waals surface area (Å²) in [5.74, 6) is 0.375. The van der Waals surface area contributed by atoms with Gasteiger partial charge in [-0.3, -0.25) is 9.20 Å². The predicted octanol–water partition coefficient (Wildman–Crippen LogP) is -0.396. The summed E-state index contributed by atoms with van der Waals surface area (Å²) < 4.78 is 11.5. The second-order valence-corrected chi connectivity index (χ2v) is 5.39. The summed E-state index contributed by atoms with van der Waals surface area (Å²) in [6, 6.07) is 0. The van der Waals surface area contributed by atoms with Gasteiger partial charge in [0, 0.05) is 18.7 Å². The Labute approximate surface area is 112 Å². The number of nitrogens with one attached hydrogen (secondary N) is 1. The molecule has 7 nitrogen and oxygen atoms in total. The molecule has 0 spiro atoms. The summed E-state index contributed by atoms with van der Waals surface area (Å²) in [6.45, 7) is 0. The van der Waals surface area contributed by atoms with Gasteiger partial charge in [0.2, 0.25) is 0 Å². The Kier molecular flexibility index (Phi) is 2.79. The summed E-state index contributed by atoms with van der Waals surface area (Å²) in [6.07, 6.45) is 9.80. The van der Waals surface area contributed by atoms with Crippen molar-refractivity contribution in [1.29, 1.82) is 0 Å². The molecule has 2 unspecified atom stereocenters. The standard InChI is InChI=1S/C11H12N6OS/c1-19(18)8-5-7(14-6-15-8)9-10(12)16-17-4-2-3-13-11(9)17/h2-6,11H,1H3,(H2,12,16)(H,14,15). The minimum atomic E-state index is -1.12. The Morgan fingerprint density at radius 2 is 2.37 bits per heavy atom. The third kappa shape index (κ3) is 1.99. The molecule has 0 saturated carbocycles. The summed E-state index contributed by atoms with van der Waals surface area (Å²) in [5, 5.41) is 9.31. The van der Waals surface area contributed by atoms with E-state index in [9.17, 15) is 4.21 Å². The first-order valence-corrected chi connectivity index (χ1v) is 7.14. The number of fused-ring (bicyclic) bond motifs is 1. The van der Waals surface area contributed by atoms with Crippen molar-refractivity contribution in [3.8, 4) is 0 Å². The van der Waals surface area contributed by atoms with Gasteiger partial charge in [-0.1, -0.05) is 0 Å². The number of amidine groups is 1. The first-order valence-electron chi connectivity index (χ1n) is 5.58. The van der Waals surface area contributed by atoms with Gasteiger partial charge in [-0.05, 0) is 12.2 Å². The van der Waals surface area contributed by atoms with Crippen LogP contribution in [0.2, 0.25) is 0 Å². The van der Waals surface area contributed by atoms with Gasteiger partial charge in [0.15, 0.2) is 12.0 Å². The molecule has 2 atom stereocenters. The number of hydrazone groups is 1. The minimum Gasteiger partial charge on any atom is -0.382 e. The third-order valence-electron chi connectivity index (χ3n) is 2.82. The molecule has 0 saturated heterocycles. The van der Waals surface area contributed by atoms with Gasteiger partial charge in [0.1, 0.15) is 5.03 Å². The molecule has 3 aliphatic rings. The number of hydrogen-bond acceptors (Lipinski definition) is 7. The molecular formula is C11H12N6OS. The second kappa shape index (κ2) is 4.47. The van der Waals surface area contributed by atoms with E-state index in [1.165, 1.54) is 6.34 Å². The van der Waals surface area contributed by atoms with Crippen molar-refractivity contribution in [2.75, 3.05) is 6.26 Å². The molecular weight excluding hydrogens is 264 g/mol. The van der Waals surface area contributed by atoms with Crippen molar-refractivity contribution in [3.05, 3.63) is 34.7 Å². The summed E-state index contributed by atoms with van der Waals surface area (Å²) in [7, 11) is -1.12. The van der Waals surface area contributed by atoms with E-state index in [1.54, 1.807) is 35.8 Å². The van der Waals surface area contributed by atoms with E-state index in [4.69, 9.17) is 5.73 Å². The lowest BCUT2D eigenvalue weighted by Gasteiger charge is -2.20. The molecule has 19 heavy (non-hydrogen) atoms. The van der Waals surface area contributed by atoms with Gasteiger partial charge in [-0.15, -0.1) is 0 Å². The van der Waals surface area contributed by atoms with Gasteiger partial charge in [-0.25, -0.2) is 10.0 Å². The van der Waals surface area contributed by atoms with E-state index < -0.39 is 10.8 Å². The molecule has 0 aromatic rings. The van der Waals surface area contributed by atoms with Crippen LogP contribution < -0.4 is 11.1 Å². The van der Waals surface area contributed by atoms with Crippen molar-refractivity contribution >= 4 is 29.2 Å². The predicted molar refractivity (Wildman–Crippen MR) is 75.7 cm³/mol. The van der Waals surface area contributed by atoms with E-state index in [0.717, 1.165) is 5.57 Å². The molecule has 3 N–H and O–H groups in total. The molecule has 0 radical (unpaired) electrons. The Hall–Kier alpha value is -2.22. The smallest absolute Gasteiger partial charge is 0.172 e. The van der Waals surface area contributed by atoms with Crippen LogP contribution in [0.15, 0.2) is 49.7 Å². The Balaban J connectivity index is 2.07. The normalized spacial score (nSPS) is 29.7. The van der Waals surface area contributed by atoms with Crippen LogP contribution >= 0.6 is 0 Å². The number of nitrogens with zero attached hydrogens (tertiary/aromatic N) is 4. The van der Waals surface area contributed by atoms with Crippen LogP contribution in [0.1, 0.15) is 0 Å². The minimum absolute atomic E-state index is 0.293. The third-order valence-corrected chi connectivity index (χ3v) is 3.68. The van der Waals surface area contributed by atoms with Crippen molar-refractivity contribution in [2.45, 2.75) is 6.17 Å². The van der Waals surface area contributed by atoms with Gasteiger partial charge in [0.25, 0.3) is 0 Å². The molecule has 3 aliphatic heterocycles. The zero-order valence-electron chi connectivity index (χ0n) is 10.1. The van der Waals surface area contributed by atoms with Crippen LogP contribution in [0.3, 0.4) is 0 Å². The van der Waals surface area contributed by atoms with Crippen LogP contribution in [0.5, 0.6) is 0 Å². The number of aliphatic imine (C=N–C) groups is 2. The lowest BCUT2D eigenvalue weighted by Crippen LogP contribution is -2.27. The van der Waals surface area contributed by atoms with E-state index in [-0.39, 0.29) is 6.17 Å². The molecule has 0 aromatic heterocycles. The number of allylic oxidation sites excluding steroid dienone is 2. The average molecular weight is 276 g/mol. The van der Waals surface area contributed by atoms with Crippen molar-refractivity contribution < 1.29 is 4.21 Å². The van der Waals surface area contributed by atoms with Crippen LogP contribution in [0.25, 0.3) is 0 Å². The summed E-state index contributed by atoms with van der Waals surface area (Å²) >= 11 is 0. The highest BCUT2D eigenvalue weighted by molar-refractivity contribution is 7.88. The fourth-order valence-corrected chi connectivity index (χ4v) is 2.45. The van der Waals surface area contributed by atoms with Crippen molar-refractivity contribution in [1.82, 2.24) is 10.3 Å². The van der Waals surface area contributed by atoms with Crippen molar-refractivity contribution in [3.63, 3.8) is 0 Å². The van der Waals surface area contributed by atoms with E-state index in [0.29, 0.717) is 16.6 Å². The molecule has 0 bridgehead atoms. The fraction of sp³-hybridized carbons (Fsp3) is 0.182.